The van der Waals surface area contributed by atoms with Crippen molar-refractivity contribution in [3.8, 4) is 0 Å². The Morgan fingerprint density at radius 3 is 2.47 bits per heavy atom. The van der Waals surface area contributed by atoms with Gasteiger partial charge in [-0.25, -0.2) is 5.43 Å². The first kappa shape index (κ1) is 35.9. The van der Waals surface area contributed by atoms with Crippen molar-refractivity contribution < 1.29 is 42.9 Å². The third-order valence-corrected chi connectivity index (χ3v) is 8.77. The van der Waals surface area contributed by atoms with Gasteiger partial charge in [-0.05, 0) is 56.7 Å². The second-order valence-corrected chi connectivity index (χ2v) is 13.2. The van der Waals surface area contributed by atoms with Crippen LogP contribution in [0.15, 0.2) is 36.4 Å². The molecular weight excluding hydrogens is 634 g/mol. The monoisotopic (exact) mass is 679 g/mol. The number of benzene rings is 1. The molecule has 3 aliphatic heterocycles. The second kappa shape index (κ2) is 15.4. The molecule has 2 fully saturated rings. The molecule has 3 amide bonds. The molecule has 5 bridgehead atoms. The third kappa shape index (κ3) is 8.43. The van der Waals surface area contributed by atoms with E-state index in [-0.39, 0.29) is 25.5 Å². The predicted molar refractivity (Wildman–Crippen MR) is 177 cm³/mol. The first-order valence-corrected chi connectivity index (χ1v) is 16.8. The van der Waals surface area contributed by atoms with Crippen LogP contribution in [0.1, 0.15) is 77.6 Å². The maximum atomic E-state index is 14.0. The first-order valence-electron chi connectivity index (χ1n) is 16.8. The molecule has 3 aliphatic rings. The second-order valence-electron chi connectivity index (χ2n) is 13.2. The van der Waals surface area contributed by atoms with Crippen LogP contribution >= 0.6 is 0 Å². The van der Waals surface area contributed by atoms with Crippen LogP contribution in [0.2, 0.25) is 0 Å². The fourth-order valence-electron chi connectivity index (χ4n) is 5.83. The van der Waals surface area contributed by atoms with Crippen LogP contribution in [0, 0.1) is 11.3 Å². The van der Waals surface area contributed by atoms with Crippen molar-refractivity contribution in [2.75, 3.05) is 19.8 Å². The number of nitrogens with one attached hydrogen (secondary N) is 3. The maximum Gasteiger partial charge on any atom is 0.321 e. The van der Waals surface area contributed by atoms with Gasteiger partial charge in [0.1, 0.15) is 17.5 Å². The number of rotatable bonds is 4. The standard InChI is InChI=1S/C35H45N5O9/c1-6-8-28(41)48-34-46-18-35(19-47-34)15-14-23-10-11-24-12-13-25(38-27(24)17-23)21(4)36-30(42)26-9-7-16-40(39-26)32(44)22(5)37-31(43)29(20(2)3)49-33(35)45/h10-15,17,20-22,26,29,34,39H,6-9,16,18-19H2,1-5H3,(H,36,42)(H,37,43)/b15-14+/t21-,22+,26+,29?,34?,35?/m1/s1. The Bertz CT molecular complexity index is 1600. The molecule has 1 aromatic heterocycles. The highest BCUT2D eigenvalue weighted by Crippen LogP contribution is 2.32. The smallest absolute Gasteiger partial charge is 0.321 e. The quantitative estimate of drug-likeness (QED) is 0.406. The molecule has 4 heterocycles. The van der Waals surface area contributed by atoms with Crippen molar-refractivity contribution in [2.45, 2.75) is 91.0 Å². The van der Waals surface area contributed by atoms with Gasteiger partial charge in [-0.1, -0.05) is 51.1 Å². The Kier molecular flexibility index (Phi) is 11.3. The Morgan fingerprint density at radius 1 is 1.04 bits per heavy atom. The van der Waals surface area contributed by atoms with Gasteiger partial charge in [-0.15, -0.1) is 0 Å². The van der Waals surface area contributed by atoms with E-state index in [0.29, 0.717) is 42.6 Å². The van der Waals surface area contributed by atoms with Gasteiger partial charge in [-0.3, -0.25) is 34.0 Å². The summed E-state index contributed by atoms with van der Waals surface area (Å²) >= 11 is 0. The molecule has 1 unspecified atom stereocenters. The summed E-state index contributed by atoms with van der Waals surface area (Å²) in [6.45, 7) is 7.17. The molecule has 2 aromatic rings. The fraction of sp³-hybridized carbons (Fsp3) is 0.543. The fourth-order valence-corrected chi connectivity index (χ4v) is 5.83. The molecule has 264 valence electrons. The summed E-state index contributed by atoms with van der Waals surface area (Å²) in [5.41, 5.74) is 3.51. The predicted octanol–water partition coefficient (Wildman–Crippen LogP) is 2.67. The van der Waals surface area contributed by atoms with Gasteiger partial charge in [0.15, 0.2) is 6.10 Å². The van der Waals surface area contributed by atoms with Crippen molar-refractivity contribution in [1.82, 2.24) is 26.1 Å². The number of cyclic esters (lactones) is 1. The zero-order chi connectivity index (χ0) is 35.3. The number of esters is 2. The Morgan fingerprint density at radius 2 is 1.76 bits per heavy atom. The van der Waals surface area contributed by atoms with Gasteiger partial charge < -0.3 is 29.6 Å². The largest absolute Gasteiger partial charge is 0.451 e. The van der Waals surface area contributed by atoms with Crippen LogP contribution in [-0.4, -0.2) is 84.1 Å². The number of ether oxygens (including phenoxy) is 4. The van der Waals surface area contributed by atoms with Gasteiger partial charge in [0, 0.05) is 18.4 Å². The summed E-state index contributed by atoms with van der Waals surface area (Å²) in [5.74, 6) is -3.13. The zero-order valence-corrected chi connectivity index (χ0v) is 28.5. The highest BCUT2D eigenvalue weighted by atomic mass is 16.9. The van der Waals surface area contributed by atoms with Crippen molar-refractivity contribution >= 4 is 46.6 Å². The molecule has 3 N–H and O–H groups in total. The van der Waals surface area contributed by atoms with Crippen LogP contribution in [0.3, 0.4) is 0 Å². The summed E-state index contributed by atoms with van der Waals surface area (Å²) in [5, 5.41) is 7.90. The van der Waals surface area contributed by atoms with E-state index < -0.39 is 65.8 Å². The molecule has 1 aromatic carbocycles. The molecule has 5 rings (SSSR count). The summed E-state index contributed by atoms with van der Waals surface area (Å²) < 4.78 is 22.5. The number of amides is 3. The summed E-state index contributed by atoms with van der Waals surface area (Å²) in [6.07, 6.45) is 3.90. The highest BCUT2D eigenvalue weighted by molar-refractivity contribution is 5.92. The van der Waals surface area contributed by atoms with E-state index in [2.05, 4.69) is 16.1 Å². The number of pyridine rings is 1. The van der Waals surface area contributed by atoms with Crippen molar-refractivity contribution in [3.05, 3.63) is 47.7 Å². The molecular formula is C35H45N5O9. The minimum atomic E-state index is -1.52. The number of nitrogens with zero attached hydrogens (tertiary/aromatic N) is 2. The molecule has 4 atom stereocenters. The van der Waals surface area contributed by atoms with E-state index >= 15 is 0 Å². The lowest BCUT2D eigenvalue weighted by Gasteiger charge is -2.37. The number of carbonyl (C=O) groups excluding carboxylic acids is 5. The molecule has 14 heteroatoms. The topological polar surface area (TPSA) is 174 Å². The van der Waals surface area contributed by atoms with Crippen LogP contribution in [0.25, 0.3) is 17.0 Å². The molecule has 2 saturated heterocycles. The first-order chi connectivity index (χ1) is 23.4. The van der Waals surface area contributed by atoms with Gasteiger partial charge >= 0.3 is 18.4 Å². The SMILES string of the molecule is CCCC(=O)OC1OCC2(/C=C/c3ccc4ccc(nc4c3)[C@@H](C)NC(=O)[C@@H]3CCCN(N3)C(=O)[C@H](C)NC(=O)C(C(C)C)OC2=O)CO1. The molecule has 0 saturated carbocycles. The lowest BCUT2D eigenvalue weighted by molar-refractivity contribution is -0.317. The minimum absolute atomic E-state index is 0.180. The number of hydrogen-bond acceptors (Lipinski definition) is 11. The van der Waals surface area contributed by atoms with E-state index in [4.69, 9.17) is 23.9 Å². The van der Waals surface area contributed by atoms with Crippen molar-refractivity contribution in [1.29, 1.82) is 0 Å². The summed E-state index contributed by atoms with van der Waals surface area (Å²) in [7, 11) is 0. The molecule has 0 aliphatic carbocycles. The van der Waals surface area contributed by atoms with E-state index in [9.17, 15) is 24.0 Å². The molecule has 14 nitrogen and oxygen atoms in total. The Balaban J connectivity index is 1.50. The highest BCUT2D eigenvalue weighted by Gasteiger charge is 2.46. The minimum Gasteiger partial charge on any atom is -0.451 e. The van der Waals surface area contributed by atoms with Gasteiger partial charge in [-0.2, -0.15) is 0 Å². The van der Waals surface area contributed by atoms with E-state index in [0.717, 1.165) is 5.39 Å². The van der Waals surface area contributed by atoms with E-state index in [1.54, 1.807) is 26.0 Å². The van der Waals surface area contributed by atoms with Crippen molar-refractivity contribution in [2.24, 2.45) is 11.3 Å². The maximum absolute atomic E-state index is 14.0. The van der Waals surface area contributed by atoms with Crippen LogP contribution in [0.4, 0.5) is 0 Å². The normalized spacial score (nSPS) is 29.3. The third-order valence-electron chi connectivity index (χ3n) is 8.77. The molecule has 0 radical (unpaired) electrons. The van der Waals surface area contributed by atoms with E-state index in [1.807, 2.05) is 44.2 Å². The summed E-state index contributed by atoms with van der Waals surface area (Å²) in [4.78, 5) is 71.1. The number of hydrogen-bond donors (Lipinski definition) is 3. The lowest BCUT2D eigenvalue weighted by atomic mass is 9.88. The Hall–Kier alpha value is -4.40. The van der Waals surface area contributed by atoms with Gasteiger partial charge in [0.2, 0.25) is 5.91 Å². The Labute approximate surface area is 285 Å². The molecule has 1 spiro atoms. The summed E-state index contributed by atoms with van der Waals surface area (Å²) in [6, 6.07) is 7.29. The van der Waals surface area contributed by atoms with Crippen molar-refractivity contribution in [3.63, 3.8) is 0 Å². The molecule has 49 heavy (non-hydrogen) atoms. The van der Waals surface area contributed by atoms with Crippen LogP contribution in [0.5, 0.6) is 0 Å². The van der Waals surface area contributed by atoms with Crippen LogP contribution < -0.4 is 16.1 Å². The zero-order valence-electron chi connectivity index (χ0n) is 28.5. The number of hydrazine groups is 1. The van der Waals surface area contributed by atoms with Gasteiger partial charge in [0.25, 0.3) is 11.8 Å². The average Bonchev–Trinajstić information content (AvgIpc) is 3.09. The van der Waals surface area contributed by atoms with Gasteiger partial charge in [0.05, 0.1) is 30.5 Å². The number of aromatic nitrogens is 1. The lowest BCUT2D eigenvalue weighted by Crippen LogP contribution is -2.61. The average molecular weight is 680 g/mol. The van der Waals surface area contributed by atoms with E-state index in [1.165, 1.54) is 11.9 Å². The van der Waals surface area contributed by atoms with Crippen LogP contribution in [-0.2, 0) is 42.9 Å². The number of fused-ring (bicyclic) bond motifs is 4. The number of carbonyl (C=O) groups is 5.